The minimum atomic E-state index is -2.68. The van der Waals surface area contributed by atoms with Crippen LogP contribution in [0.15, 0.2) is 0 Å². The number of piperidine rings is 1. The smallest absolute Gasteiger partial charge is 0.264 e. The summed E-state index contributed by atoms with van der Waals surface area (Å²) in [5, 5.41) is 0. The molecule has 1 aliphatic heterocycles. The lowest BCUT2D eigenvalue weighted by Crippen LogP contribution is -2.60. The lowest BCUT2D eigenvalue weighted by atomic mass is 9.85. The molecule has 1 aliphatic carbocycles. The first kappa shape index (κ1) is 16.1. The SMILES string of the molecule is CCN(CC)C1CCN([C@H]2CCCC(F)(F)[C@@H]2N)CC1. The van der Waals surface area contributed by atoms with Gasteiger partial charge in [-0.1, -0.05) is 13.8 Å². The molecular weight excluding hydrogens is 260 g/mol. The average Bonchev–Trinajstić information content (AvgIpc) is 2.44. The third kappa shape index (κ3) is 3.31. The van der Waals surface area contributed by atoms with Crippen LogP contribution >= 0.6 is 0 Å². The van der Waals surface area contributed by atoms with Crippen molar-refractivity contribution in [2.24, 2.45) is 5.73 Å². The second kappa shape index (κ2) is 6.67. The molecule has 0 aromatic heterocycles. The third-order valence-electron chi connectivity index (χ3n) is 5.21. The maximum atomic E-state index is 13.8. The first-order valence-electron chi connectivity index (χ1n) is 8.11. The molecule has 2 rings (SSSR count). The summed E-state index contributed by atoms with van der Waals surface area (Å²) in [7, 11) is 0. The molecule has 2 atom stereocenters. The zero-order valence-electron chi connectivity index (χ0n) is 12.8. The standard InChI is InChI=1S/C15H29F2N3/c1-3-19(4-2)12-7-10-20(11-8-12)13-6-5-9-15(16,17)14(13)18/h12-14H,3-11,18H2,1-2H3/t13-,14+/m0/s1. The fourth-order valence-electron chi connectivity index (χ4n) is 3.91. The average molecular weight is 289 g/mol. The number of rotatable bonds is 4. The molecule has 1 saturated carbocycles. The molecule has 2 aliphatic rings. The minimum Gasteiger partial charge on any atom is -0.321 e. The van der Waals surface area contributed by atoms with Gasteiger partial charge in [0.1, 0.15) is 0 Å². The van der Waals surface area contributed by atoms with Crippen molar-refractivity contribution in [3.8, 4) is 0 Å². The third-order valence-corrected chi connectivity index (χ3v) is 5.21. The van der Waals surface area contributed by atoms with E-state index in [1.54, 1.807) is 0 Å². The highest BCUT2D eigenvalue weighted by molar-refractivity contribution is 4.97. The van der Waals surface area contributed by atoms with Gasteiger partial charge in [-0.05, 0) is 51.9 Å². The number of halogens is 2. The van der Waals surface area contributed by atoms with E-state index in [1.165, 1.54) is 0 Å². The summed E-state index contributed by atoms with van der Waals surface area (Å²) in [5.41, 5.74) is 5.83. The first-order valence-corrected chi connectivity index (χ1v) is 8.11. The summed E-state index contributed by atoms with van der Waals surface area (Å²) in [5.74, 6) is -2.68. The summed E-state index contributed by atoms with van der Waals surface area (Å²) in [6.45, 7) is 8.34. The molecule has 0 aromatic rings. The van der Waals surface area contributed by atoms with Crippen molar-refractivity contribution in [1.82, 2.24) is 9.80 Å². The molecular formula is C15H29F2N3. The molecule has 0 aromatic carbocycles. The Morgan fingerprint density at radius 1 is 1.15 bits per heavy atom. The molecule has 0 amide bonds. The van der Waals surface area contributed by atoms with Gasteiger partial charge in [0.05, 0.1) is 6.04 Å². The van der Waals surface area contributed by atoms with E-state index in [2.05, 4.69) is 23.6 Å². The van der Waals surface area contributed by atoms with Gasteiger partial charge in [-0.15, -0.1) is 0 Å². The van der Waals surface area contributed by atoms with Crippen molar-refractivity contribution < 1.29 is 8.78 Å². The molecule has 118 valence electrons. The Labute approximate surface area is 121 Å². The second-order valence-corrected chi connectivity index (χ2v) is 6.23. The van der Waals surface area contributed by atoms with Gasteiger partial charge in [-0.25, -0.2) is 8.78 Å². The summed E-state index contributed by atoms with van der Waals surface area (Å²) in [6, 6.07) is -0.501. The van der Waals surface area contributed by atoms with E-state index >= 15 is 0 Å². The van der Waals surface area contributed by atoms with Crippen LogP contribution < -0.4 is 5.73 Å². The highest BCUT2D eigenvalue weighted by Crippen LogP contribution is 2.35. The van der Waals surface area contributed by atoms with Crippen LogP contribution in [0.2, 0.25) is 0 Å². The predicted octanol–water partition coefficient (Wildman–Crippen LogP) is 2.31. The maximum absolute atomic E-state index is 13.8. The lowest BCUT2D eigenvalue weighted by Gasteiger charge is -2.46. The monoisotopic (exact) mass is 289 g/mol. The van der Waals surface area contributed by atoms with Crippen molar-refractivity contribution in [2.75, 3.05) is 26.2 Å². The van der Waals surface area contributed by atoms with Crippen LogP contribution in [0, 0.1) is 0 Å². The molecule has 5 heteroatoms. The van der Waals surface area contributed by atoms with Gasteiger partial charge in [0, 0.05) is 18.5 Å². The summed E-state index contributed by atoms with van der Waals surface area (Å²) < 4.78 is 27.5. The van der Waals surface area contributed by atoms with Crippen LogP contribution in [0.1, 0.15) is 46.0 Å². The first-order chi connectivity index (χ1) is 9.49. The number of hydrogen-bond acceptors (Lipinski definition) is 3. The van der Waals surface area contributed by atoms with E-state index < -0.39 is 12.0 Å². The Balaban J connectivity index is 1.90. The van der Waals surface area contributed by atoms with Gasteiger partial charge in [0.25, 0.3) is 5.92 Å². The number of nitrogens with zero attached hydrogens (tertiary/aromatic N) is 2. The van der Waals surface area contributed by atoms with Crippen LogP contribution in [0.4, 0.5) is 8.78 Å². The Bertz CT molecular complexity index is 299. The molecule has 2 N–H and O–H groups in total. The Morgan fingerprint density at radius 3 is 2.30 bits per heavy atom. The molecule has 1 heterocycles. The molecule has 0 radical (unpaired) electrons. The lowest BCUT2D eigenvalue weighted by molar-refractivity contribution is -0.0869. The number of nitrogens with two attached hydrogens (primary N) is 1. The van der Waals surface area contributed by atoms with E-state index in [0.29, 0.717) is 12.5 Å². The van der Waals surface area contributed by atoms with Gasteiger partial charge in [0.15, 0.2) is 0 Å². The van der Waals surface area contributed by atoms with E-state index in [9.17, 15) is 8.78 Å². The highest BCUT2D eigenvalue weighted by Gasteiger charge is 2.47. The molecule has 0 bridgehead atoms. The second-order valence-electron chi connectivity index (χ2n) is 6.23. The zero-order valence-corrected chi connectivity index (χ0v) is 12.8. The summed E-state index contributed by atoms with van der Waals surface area (Å²) in [4.78, 5) is 4.70. The van der Waals surface area contributed by atoms with Crippen LogP contribution in [0.3, 0.4) is 0 Å². The van der Waals surface area contributed by atoms with Crippen LogP contribution in [-0.4, -0.2) is 60.0 Å². The van der Waals surface area contributed by atoms with E-state index in [-0.39, 0.29) is 12.5 Å². The molecule has 0 unspecified atom stereocenters. The fraction of sp³-hybridized carbons (Fsp3) is 1.00. The van der Waals surface area contributed by atoms with Crippen molar-refractivity contribution >= 4 is 0 Å². The van der Waals surface area contributed by atoms with Gasteiger partial charge in [-0.2, -0.15) is 0 Å². The van der Waals surface area contributed by atoms with Crippen LogP contribution in [0.25, 0.3) is 0 Å². The molecule has 20 heavy (non-hydrogen) atoms. The number of alkyl halides is 2. The molecule has 2 fully saturated rings. The van der Waals surface area contributed by atoms with Crippen LogP contribution in [-0.2, 0) is 0 Å². The Morgan fingerprint density at radius 2 is 1.75 bits per heavy atom. The van der Waals surface area contributed by atoms with Crippen molar-refractivity contribution in [1.29, 1.82) is 0 Å². The quantitative estimate of drug-likeness (QED) is 0.862. The fourth-order valence-corrected chi connectivity index (χ4v) is 3.91. The zero-order chi connectivity index (χ0) is 14.8. The highest BCUT2D eigenvalue weighted by atomic mass is 19.3. The summed E-state index contributed by atoms with van der Waals surface area (Å²) >= 11 is 0. The van der Waals surface area contributed by atoms with Crippen LogP contribution in [0.5, 0.6) is 0 Å². The van der Waals surface area contributed by atoms with Crippen molar-refractivity contribution in [3.05, 3.63) is 0 Å². The van der Waals surface area contributed by atoms with E-state index in [1.807, 2.05) is 0 Å². The van der Waals surface area contributed by atoms with Gasteiger partial charge < -0.3 is 10.6 Å². The van der Waals surface area contributed by atoms with E-state index in [4.69, 9.17) is 5.73 Å². The minimum absolute atomic E-state index is 0.0411. The van der Waals surface area contributed by atoms with Gasteiger partial charge >= 0.3 is 0 Å². The molecule has 3 nitrogen and oxygen atoms in total. The Kier molecular flexibility index (Phi) is 5.37. The topological polar surface area (TPSA) is 32.5 Å². The number of likely N-dealkylation sites (tertiary alicyclic amines) is 1. The maximum Gasteiger partial charge on any atom is 0.264 e. The van der Waals surface area contributed by atoms with Gasteiger partial charge in [0.2, 0.25) is 0 Å². The Hall–Kier alpha value is -0.260. The van der Waals surface area contributed by atoms with E-state index in [0.717, 1.165) is 45.4 Å². The normalized spacial score (nSPS) is 32.7. The van der Waals surface area contributed by atoms with Gasteiger partial charge in [-0.3, -0.25) is 4.90 Å². The largest absolute Gasteiger partial charge is 0.321 e. The molecule has 1 saturated heterocycles. The van der Waals surface area contributed by atoms with Crippen molar-refractivity contribution in [2.45, 2.75) is 70.0 Å². The molecule has 0 spiro atoms. The summed E-state index contributed by atoms with van der Waals surface area (Å²) in [6.07, 6.45) is 3.54. The predicted molar refractivity (Wildman–Crippen MR) is 78.1 cm³/mol. The van der Waals surface area contributed by atoms with Crippen molar-refractivity contribution in [3.63, 3.8) is 0 Å². The number of hydrogen-bond donors (Lipinski definition) is 1.